The molecule has 2 rings (SSSR count). The Kier molecular flexibility index (Phi) is 5.07. The lowest BCUT2D eigenvalue weighted by atomic mass is 9.94. The molecule has 5 nitrogen and oxygen atoms in total. The summed E-state index contributed by atoms with van der Waals surface area (Å²) in [7, 11) is 3.21. The van der Waals surface area contributed by atoms with Crippen molar-refractivity contribution < 1.29 is 19.0 Å². The van der Waals surface area contributed by atoms with E-state index in [1.54, 1.807) is 14.2 Å². The number of carbonyl (C=O) groups excluding carboxylic acids is 1. The Hall–Kier alpha value is -1.75. The van der Waals surface area contributed by atoms with Crippen LogP contribution < -0.4 is 14.8 Å². The van der Waals surface area contributed by atoms with Crippen LogP contribution in [0.5, 0.6) is 11.5 Å². The Morgan fingerprint density at radius 3 is 2.57 bits per heavy atom. The minimum Gasteiger partial charge on any atom is -0.493 e. The molecule has 1 heterocycles. The van der Waals surface area contributed by atoms with E-state index >= 15 is 0 Å². The van der Waals surface area contributed by atoms with Gasteiger partial charge in [0.05, 0.1) is 26.2 Å². The van der Waals surface area contributed by atoms with Gasteiger partial charge in [0.15, 0.2) is 11.5 Å². The van der Waals surface area contributed by atoms with Crippen molar-refractivity contribution in [2.45, 2.75) is 32.4 Å². The Bertz CT molecular complexity index is 501. The summed E-state index contributed by atoms with van der Waals surface area (Å²) in [5, 5.41) is 3.37. The molecule has 2 atom stereocenters. The first-order valence-electron chi connectivity index (χ1n) is 7.22. The van der Waals surface area contributed by atoms with Crippen molar-refractivity contribution in [2.75, 3.05) is 20.8 Å². The number of methoxy groups -OCH3 is 2. The van der Waals surface area contributed by atoms with Gasteiger partial charge in [-0.05, 0) is 44.5 Å². The van der Waals surface area contributed by atoms with Crippen LogP contribution in [-0.4, -0.2) is 32.8 Å². The van der Waals surface area contributed by atoms with E-state index < -0.39 is 0 Å². The van der Waals surface area contributed by atoms with Gasteiger partial charge in [-0.2, -0.15) is 0 Å². The summed E-state index contributed by atoms with van der Waals surface area (Å²) >= 11 is 0. The SMILES string of the molecule is COc1ccc(C2NCC[C@@H]2C(=O)OC(C)C)cc1OC. The molecular weight excluding hydrogens is 270 g/mol. The molecule has 1 N–H and O–H groups in total. The fraction of sp³-hybridized carbons (Fsp3) is 0.562. The van der Waals surface area contributed by atoms with Crippen LogP contribution in [0.3, 0.4) is 0 Å². The van der Waals surface area contributed by atoms with Crippen molar-refractivity contribution in [2.24, 2.45) is 5.92 Å². The van der Waals surface area contributed by atoms with Gasteiger partial charge in [0, 0.05) is 6.04 Å². The number of rotatable bonds is 5. The number of hydrogen-bond donors (Lipinski definition) is 1. The lowest BCUT2D eigenvalue weighted by Gasteiger charge is -2.21. The Morgan fingerprint density at radius 2 is 1.95 bits per heavy atom. The summed E-state index contributed by atoms with van der Waals surface area (Å²) in [6, 6.07) is 5.69. The van der Waals surface area contributed by atoms with Crippen LogP contribution in [0.1, 0.15) is 31.9 Å². The molecule has 1 unspecified atom stereocenters. The Labute approximate surface area is 125 Å². The maximum atomic E-state index is 12.2. The molecule has 1 aromatic rings. The second-order valence-electron chi connectivity index (χ2n) is 5.43. The van der Waals surface area contributed by atoms with Crippen molar-refractivity contribution in [3.8, 4) is 11.5 Å². The average Bonchev–Trinajstić information content (AvgIpc) is 2.95. The zero-order valence-corrected chi connectivity index (χ0v) is 13.0. The van der Waals surface area contributed by atoms with Crippen LogP contribution in [0.4, 0.5) is 0 Å². The van der Waals surface area contributed by atoms with Crippen LogP contribution in [0, 0.1) is 5.92 Å². The normalized spacial score (nSPS) is 21.4. The van der Waals surface area contributed by atoms with Crippen molar-refractivity contribution in [1.82, 2.24) is 5.32 Å². The van der Waals surface area contributed by atoms with Crippen LogP contribution in [0.25, 0.3) is 0 Å². The first-order valence-corrected chi connectivity index (χ1v) is 7.22. The molecule has 0 saturated carbocycles. The van der Waals surface area contributed by atoms with Gasteiger partial charge in [0.25, 0.3) is 0 Å². The zero-order valence-electron chi connectivity index (χ0n) is 13.0. The van der Waals surface area contributed by atoms with E-state index in [0.717, 1.165) is 18.5 Å². The van der Waals surface area contributed by atoms with Crippen molar-refractivity contribution in [3.63, 3.8) is 0 Å². The molecule has 1 aromatic carbocycles. The Morgan fingerprint density at radius 1 is 1.24 bits per heavy atom. The molecule has 0 amide bonds. The molecule has 0 aromatic heterocycles. The van der Waals surface area contributed by atoms with Crippen molar-refractivity contribution in [1.29, 1.82) is 0 Å². The third kappa shape index (κ3) is 3.47. The van der Waals surface area contributed by atoms with Crippen LogP contribution in [0.2, 0.25) is 0 Å². The molecule has 0 radical (unpaired) electrons. The number of nitrogens with one attached hydrogen (secondary N) is 1. The molecule has 116 valence electrons. The quantitative estimate of drug-likeness (QED) is 0.844. The summed E-state index contributed by atoms with van der Waals surface area (Å²) in [5.74, 6) is 1.04. The van der Waals surface area contributed by atoms with Gasteiger partial charge < -0.3 is 19.5 Å². The third-order valence-electron chi connectivity index (χ3n) is 3.64. The molecule has 21 heavy (non-hydrogen) atoms. The molecule has 0 bridgehead atoms. The number of benzene rings is 1. The van der Waals surface area contributed by atoms with E-state index in [9.17, 15) is 4.79 Å². The second-order valence-corrected chi connectivity index (χ2v) is 5.43. The zero-order chi connectivity index (χ0) is 15.4. The summed E-state index contributed by atoms with van der Waals surface area (Å²) in [5.41, 5.74) is 1.01. The van der Waals surface area contributed by atoms with Crippen molar-refractivity contribution in [3.05, 3.63) is 23.8 Å². The van der Waals surface area contributed by atoms with Gasteiger partial charge in [0.2, 0.25) is 0 Å². The van der Waals surface area contributed by atoms with E-state index in [2.05, 4.69) is 5.32 Å². The van der Waals surface area contributed by atoms with Gasteiger partial charge in [-0.25, -0.2) is 0 Å². The minimum absolute atomic E-state index is 0.0453. The fourth-order valence-electron chi connectivity index (χ4n) is 2.67. The Balaban J connectivity index is 2.21. The highest BCUT2D eigenvalue weighted by Crippen LogP contribution is 2.36. The van der Waals surface area contributed by atoms with Gasteiger partial charge in [0.1, 0.15) is 0 Å². The summed E-state index contributed by atoms with van der Waals surface area (Å²) in [6.45, 7) is 4.54. The highest BCUT2D eigenvalue weighted by molar-refractivity contribution is 5.74. The van der Waals surface area contributed by atoms with Gasteiger partial charge in [-0.15, -0.1) is 0 Å². The smallest absolute Gasteiger partial charge is 0.311 e. The lowest BCUT2D eigenvalue weighted by Crippen LogP contribution is -2.27. The monoisotopic (exact) mass is 293 g/mol. The fourth-order valence-corrected chi connectivity index (χ4v) is 2.67. The lowest BCUT2D eigenvalue weighted by molar-refractivity contribution is -0.152. The topological polar surface area (TPSA) is 56.8 Å². The average molecular weight is 293 g/mol. The van der Waals surface area contributed by atoms with E-state index in [-0.39, 0.29) is 24.0 Å². The summed E-state index contributed by atoms with van der Waals surface area (Å²) in [4.78, 5) is 12.2. The predicted molar refractivity (Wildman–Crippen MR) is 79.6 cm³/mol. The molecule has 0 spiro atoms. The molecule has 1 aliphatic heterocycles. The molecule has 1 saturated heterocycles. The second kappa shape index (κ2) is 6.80. The summed E-state index contributed by atoms with van der Waals surface area (Å²) < 4.78 is 15.9. The minimum atomic E-state index is -0.162. The highest BCUT2D eigenvalue weighted by Gasteiger charge is 2.35. The van der Waals surface area contributed by atoms with Gasteiger partial charge in [-0.3, -0.25) is 4.79 Å². The first-order chi connectivity index (χ1) is 10.1. The van der Waals surface area contributed by atoms with E-state index in [4.69, 9.17) is 14.2 Å². The predicted octanol–water partition coefficient (Wildman–Crippen LogP) is 2.31. The van der Waals surface area contributed by atoms with E-state index in [0.29, 0.717) is 11.5 Å². The molecule has 1 aliphatic rings. The third-order valence-corrected chi connectivity index (χ3v) is 3.64. The number of carbonyl (C=O) groups is 1. The molecule has 0 aliphatic carbocycles. The molecule has 5 heteroatoms. The van der Waals surface area contributed by atoms with Gasteiger partial charge >= 0.3 is 5.97 Å². The maximum absolute atomic E-state index is 12.2. The van der Waals surface area contributed by atoms with Crippen LogP contribution in [-0.2, 0) is 9.53 Å². The number of hydrogen-bond acceptors (Lipinski definition) is 5. The maximum Gasteiger partial charge on any atom is 0.311 e. The van der Waals surface area contributed by atoms with E-state index in [1.807, 2.05) is 32.0 Å². The number of esters is 1. The standard InChI is InChI=1S/C16H23NO4/c1-10(2)21-16(18)12-7-8-17-15(12)11-5-6-13(19-3)14(9-11)20-4/h5-6,9-10,12,15,17H,7-8H2,1-4H3/t12-,15?/m0/s1. The van der Waals surface area contributed by atoms with Gasteiger partial charge in [-0.1, -0.05) is 6.07 Å². The van der Waals surface area contributed by atoms with Crippen LogP contribution >= 0.6 is 0 Å². The highest BCUT2D eigenvalue weighted by atomic mass is 16.5. The molecule has 1 fully saturated rings. The van der Waals surface area contributed by atoms with Crippen LogP contribution in [0.15, 0.2) is 18.2 Å². The summed E-state index contributed by atoms with van der Waals surface area (Å²) in [6.07, 6.45) is 0.689. The first kappa shape index (κ1) is 15.6. The van der Waals surface area contributed by atoms with E-state index in [1.165, 1.54) is 0 Å². The van der Waals surface area contributed by atoms with Crippen molar-refractivity contribution >= 4 is 5.97 Å². The largest absolute Gasteiger partial charge is 0.493 e. The number of ether oxygens (including phenoxy) is 3. The molecular formula is C16H23NO4.